The van der Waals surface area contributed by atoms with Gasteiger partial charge in [0.15, 0.2) is 5.82 Å². The van der Waals surface area contributed by atoms with Crippen molar-refractivity contribution in [3.8, 4) is 11.3 Å². The molecular weight excluding hydrogens is 376 g/mol. The van der Waals surface area contributed by atoms with Gasteiger partial charge in [-0.1, -0.05) is 24.3 Å². The molecule has 0 bridgehead atoms. The van der Waals surface area contributed by atoms with Gasteiger partial charge in [0.1, 0.15) is 5.69 Å². The van der Waals surface area contributed by atoms with Gasteiger partial charge >= 0.3 is 0 Å². The molecule has 3 rings (SSSR count). The van der Waals surface area contributed by atoms with E-state index in [9.17, 15) is 0 Å². The fourth-order valence-corrected chi connectivity index (χ4v) is 3.60. The summed E-state index contributed by atoms with van der Waals surface area (Å²) in [6, 6.07) is 8.53. The third kappa shape index (κ3) is 5.43. The summed E-state index contributed by atoms with van der Waals surface area (Å²) in [7, 11) is 3.53. The minimum Gasteiger partial charge on any atom is -0.404 e. The van der Waals surface area contributed by atoms with E-state index in [0.29, 0.717) is 0 Å². The van der Waals surface area contributed by atoms with Crippen LogP contribution >= 0.6 is 0 Å². The molecule has 1 aromatic heterocycles. The number of piperazine rings is 1. The highest BCUT2D eigenvalue weighted by molar-refractivity contribution is 5.98. The number of aliphatic imine (C=N–C) groups is 1. The fourth-order valence-electron chi connectivity index (χ4n) is 3.60. The molecular formula is C23H32N6O. The maximum absolute atomic E-state index is 5.80. The Morgan fingerprint density at radius 3 is 2.47 bits per heavy atom. The second-order valence-electron chi connectivity index (χ2n) is 7.43. The Morgan fingerprint density at radius 2 is 1.83 bits per heavy atom. The third-order valence-electron chi connectivity index (χ3n) is 5.57. The lowest BCUT2D eigenvalue weighted by atomic mass is 10.1. The van der Waals surface area contributed by atoms with E-state index < -0.39 is 0 Å². The number of hydrogen-bond donors (Lipinski definition) is 1. The summed E-state index contributed by atoms with van der Waals surface area (Å²) < 4.78 is 5.17. The van der Waals surface area contributed by atoms with Crippen LogP contribution in [-0.4, -0.2) is 74.1 Å². The van der Waals surface area contributed by atoms with Crippen LogP contribution in [-0.2, 0) is 11.2 Å². The maximum Gasteiger partial charge on any atom is 0.155 e. The Labute approximate surface area is 179 Å². The first kappa shape index (κ1) is 21.9. The van der Waals surface area contributed by atoms with Crippen LogP contribution in [0.3, 0.4) is 0 Å². The van der Waals surface area contributed by atoms with Crippen LogP contribution in [0.2, 0.25) is 0 Å². The molecule has 1 aliphatic rings. The SMILES string of the molecule is CN=C(C)/C(=C\N)CN1CCN(c2nccnc2-c2ccc(CCOC)cc2)CC1. The summed E-state index contributed by atoms with van der Waals surface area (Å²) in [5, 5.41) is 0. The number of ether oxygens (including phenoxy) is 1. The quantitative estimate of drug-likeness (QED) is 0.676. The average molecular weight is 409 g/mol. The monoisotopic (exact) mass is 408 g/mol. The zero-order valence-corrected chi connectivity index (χ0v) is 18.2. The minimum atomic E-state index is 0.727. The summed E-state index contributed by atoms with van der Waals surface area (Å²) >= 11 is 0. The molecule has 7 heteroatoms. The molecule has 0 atom stereocenters. The van der Waals surface area contributed by atoms with Gasteiger partial charge in [-0.3, -0.25) is 14.9 Å². The van der Waals surface area contributed by atoms with Crippen LogP contribution in [0.1, 0.15) is 12.5 Å². The predicted molar refractivity (Wildman–Crippen MR) is 123 cm³/mol. The lowest BCUT2D eigenvalue weighted by molar-refractivity contribution is 0.202. The summed E-state index contributed by atoms with van der Waals surface area (Å²) in [4.78, 5) is 18.3. The first-order valence-electron chi connectivity index (χ1n) is 10.4. The standard InChI is InChI=1S/C23H32N6O/c1-18(25-2)21(16-24)17-28-11-13-29(14-12-28)23-22(26-9-10-27-23)20-6-4-19(5-7-20)8-15-30-3/h4-7,9-10,16H,8,11-15,17,24H2,1-3H3/b21-16-,25-18?. The molecule has 2 N–H and O–H groups in total. The van der Waals surface area contributed by atoms with Crippen molar-refractivity contribution in [2.45, 2.75) is 13.3 Å². The van der Waals surface area contributed by atoms with E-state index in [1.54, 1.807) is 32.8 Å². The van der Waals surface area contributed by atoms with Gasteiger partial charge in [-0.05, 0) is 18.9 Å². The van der Waals surface area contributed by atoms with Crippen molar-refractivity contribution in [1.82, 2.24) is 14.9 Å². The molecule has 2 aromatic rings. The molecule has 0 radical (unpaired) electrons. The van der Waals surface area contributed by atoms with Crippen molar-refractivity contribution in [1.29, 1.82) is 0 Å². The number of aromatic nitrogens is 2. The average Bonchev–Trinajstić information content (AvgIpc) is 2.81. The number of rotatable bonds is 8. The molecule has 1 fully saturated rings. The number of benzene rings is 1. The Kier molecular flexibility index (Phi) is 7.93. The lowest BCUT2D eigenvalue weighted by Crippen LogP contribution is -2.47. The van der Waals surface area contributed by atoms with Gasteiger partial charge in [0.05, 0.1) is 6.61 Å². The molecule has 0 aliphatic carbocycles. The van der Waals surface area contributed by atoms with Crippen LogP contribution in [0.4, 0.5) is 5.82 Å². The second-order valence-corrected chi connectivity index (χ2v) is 7.43. The van der Waals surface area contributed by atoms with Gasteiger partial charge in [0.25, 0.3) is 0 Å². The van der Waals surface area contributed by atoms with E-state index >= 15 is 0 Å². The van der Waals surface area contributed by atoms with E-state index in [4.69, 9.17) is 10.5 Å². The Bertz CT molecular complexity index is 870. The van der Waals surface area contributed by atoms with Crippen molar-refractivity contribution in [3.63, 3.8) is 0 Å². The van der Waals surface area contributed by atoms with Gasteiger partial charge < -0.3 is 15.4 Å². The van der Waals surface area contributed by atoms with Gasteiger partial charge in [-0.25, -0.2) is 4.98 Å². The molecule has 0 unspecified atom stereocenters. The third-order valence-corrected chi connectivity index (χ3v) is 5.57. The van der Waals surface area contributed by atoms with E-state index in [1.165, 1.54) is 5.56 Å². The Hall–Kier alpha value is -2.77. The van der Waals surface area contributed by atoms with Gasteiger partial charge in [-0.2, -0.15) is 0 Å². The van der Waals surface area contributed by atoms with Gasteiger partial charge in [0.2, 0.25) is 0 Å². The zero-order chi connectivity index (χ0) is 21.3. The molecule has 1 aromatic carbocycles. The molecule has 0 amide bonds. The molecule has 0 spiro atoms. The van der Waals surface area contributed by atoms with Crippen molar-refractivity contribution < 1.29 is 4.74 Å². The van der Waals surface area contributed by atoms with Crippen LogP contribution < -0.4 is 10.6 Å². The Balaban J connectivity index is 1.68. The smallest absolute Gasteiger partial charge is 0.155 e. The Morgan fingerprint density at radius 1 is 1.13 bits per heavy atom. The highest BCUT2D eigenvalue weighted by atomic mass is 16.5. The van der Waals surface area contributed by atoms with Crippen molar-refractivity contribution in [3.05, 3.63) is 54.0 Å². The van der Waals surface area contributed by atoms with Crippen LogP contribution in [0, 0.1) is 0 Å². The first-order chi connectivity index (χ1) is 14.7. The maximum atomic E-state index is 5.80. The molecule has 1 aliphatic heterocycles. The molecule has 0 saturated carbocycles. The minimum absolute atomic E-state index is 0.727. The zero-order valence-electron chi connectivity index (χ0n) is 18.2. The van der Waals surface area contributed by atoms with Crippen LogP contribution in [0.15, 0.2) is 53.4 Å². The largest absolute Gasteiger partial charge is 0.404 e. The highest BCUT2D eigenvalue weighted by Crippen LogP contribution is 2.27. The van der Waals surface area contributed by atoms with E-state index in [1.807, 2.05) is 6.92 Å². The molecule has 30 heavy (non-hydrogen) atoms. The van der Waals surface area contributed by atoms with Crippen LogP contribution in [0.25, 0.3) is 11.3 Å². The summed E-state index contributed by atoms with van der Waals surface area (Å²) in [6.07, 6.45) is 6.12. The molecule has 7 nitrogen and oxygen atoms in total. The topological polar surface area (TPSA) is 79.9 Å². The number of hydrogen-bond acceptors (Lipinski definition) is 7. The number of nitrogens with two attached hydrogens (primary N) is 1. The predicted octanol–water partition coefficient (Wildman–Crippen LogP) is 2.39. The van der Waals surface area contributed by atoms with Crippen molar-refractivity contribution in [2.75, 3.05) is 58.4 Å². The van der Waals surface area contributed by atoms with Crippen molar-refractivity contribution >= 4 is 11.5 Å². The molecule has 1 saturated heterocycles. The highest BCUT2D eigenvalue weighted by Gasteiger charge is 2.22. The van der Waals surface area contributed by atoms with E-state index in [2.05, 4.69) is 49.0 Å². The van der Waals surface area contributed by atoms with E-state index in [0.717, 1.165) is 74.1 Å². The van der Waals surface area contributed by atoms with E-state index in [-0.39, 0.29) is 0 Å². The van der Waals surface area contributed by atoms with Crippen molar-refractivity contribution in [2.24, 2.45) is 10.7 Å². The fraction of sp³-hybridized carbons (Fsp3) is 0.435. The summed E-state index contributed by atoms with van der Waals surface area (Å²) in [6.45, 7) is 7.24. The van der Waals surface area contributed by atoms with Gasteiger partial charge in [-0.15, -0.1) is 0 Å². The number of methoxy groups -OCH3 is 1. The van der Waals surface area contributed by atoms with Gasteiger partial charge in [0, 0.05) is 82.3 Å². The number of nitrogens with zero attached hydrogens (tertiary/aromatic N) is 5. The summed E-state index contributed by atoms with van der Waals surface area (Å²) in [5.74, 6) is 0.947. The van der Waals surface area contributed by atoms with Crippen LogP contribution in [0.5, 0.6) is 0 Å². The summed E-state index contributed by atoms with van der Waals surface area (Å²) in [5.41, 5.74) is 11.2. The first-order valence-corrected chi connectivity index (χ1v) is 10.4. The molecule has 160 valence electrons. The second kappa shape index (κ2) is 10.8. The number of anilines is 1. The normalized spacial score (nSPS) is 16.2. The molecule has 2 heterocycles. The lowest BCUT2D eigenvalue weighted by Gasteiger charge is -2.36.